The average Bonchev–Trinajstić information content (AvgIpc) is 2.65. The number of amides is 1. The lowest BCUT2D eigenvalue weighted by atomic mass is 9.89. The van der Waals surface area contributed by atoms with Gasteiger partial charge < -0.3 is 10.1 Å². The van der Waals surface area contributed by atoms with Crippen molar-refractivity contribution in [2.45, 2.75) is 38.6 Å². The van der Waals surface area contributed by atoms with Crippen molar-refractivity contribution >= 4 is 11.6 Å². The molecule has 0 aliphatic heterocycles. The summed E-state index contributed by atoms with van der Waals surface area (Å²) >= 11 is 0. The molecule has 0 heterocycles. The second kappa shape index (κ2) is 8.16. The van der Waals surface area contributed by atoms with Crippen molar-refractivity contribution in [3.05, 3.63) is 69.0 Å². The highest BCUT2D eigenvalue weighted by molar-refractivity contribution is 5.78. The Morgan fingerprint density at radius 1 is 1.22 bits per heavy atom. The number of rotatable bonds is 6. The number of carbonyl (C=O) groups is 1. The molecular weight excluding hydrogens is 351 g/mol. The molecule has 27 heavy (non-hydrogen) atoms. The molecule has 0 saturated carbocycles. The minimum absolute atomic E-state index is 0.226. The normalized spacial score (nSPS) is 14.1. The van der Waals surface area contributed by atoms with Crippen LogP contribution in [-0.4, -0.2) is 17.4 Å². The molecule has 1 aliphatic rings. The van der Waals surface area contributed by atoms with Gasteiger partial charge in [-0.3, -0.25) is 14.9 Å². The van der Waals surface area contributed by atoms with Gasteiger partial charge in [0.15, 0.2) is 6.61 Å². The van der Waals surface area contributed by atoms with Crippen molar-refractivity contribution in [3.63, 3.8) is 0 Å². The van der Waals surface area contributed by atoms with E-state index >= 15 is 0 Å². The van der Waals surface area contributed by atoms with Gasteiger partial charge in [-0.2, -0.15) is 0 Å². The number of aryl methyl sites for hydroxylation is 2. The Morgan fingerprint density at radius 3 is 2.70 bits per heavy atom. The van der Waals surface area contributed by atoms with E-state index in [1.54, 1.807) is 0 Å². The molecule has 0 spiro atoms. The molecule has 0 saturated heterocycles. The van der Waals surface area contributed by atoms with E-state index in [4.69, 9.17) is 4.74 Å². The number of halogens is 1. The minimum Gasteiger partial charge on any atom is -0.477 e. The number of hydrogen-bond donors (Lipinski definition) is 1. The summed E-state index contributed by atoms with van der Waals surface area (Å²) in [5, 5.41) is 13.8. The molecule has 0 fully saturated rings. The number of carbonyl (C=O) groups excluding carboxylic acids is 1. The number of fused-ring (bicyclic) bond motifs is 1. The van der Waals surface area contributed by atoms with Crippen LogP contribution in [0, 0.1) is 15.9 Å². The highest BCUT2D eigenvalue weighted by Gasteiger charge is 2.18. The lowest BCUT2D eigenvalue weighted by Gasteiger charge is -2.20. The summed E-state index contributed by atoms with van der Waals surface area (Å²) in [7, 11) is 0. The summed E-state index contributed by atoms with van der Waals surface area (Å²) in [5.41, 5.74) is 3.31. The van der Waals surface area contributed by atoms with Crippen molar-refractivity contribution < 1.29 is 18.8 Å². The second-order valence-corrected chi connectivity index (χ2v) is 6.68. The smallest absolute Gasteiger partial charge is 0.311 e. The average molecular weight is 372 g/mol. The lowest BCUT2D eigenvalue weighted by Crippen LogP contribution is -2.31. The Hall–Kier alpha value is -2.96. The Balaban J connectivity index is 1.61. The third kappa shape index (κ3) is 4.61. The molecule has 0 radical (unpaired) electrons. The summed E-state index contributed by atoms with van der Waals surface area (Å²) in [5.74, 6) is -1.37. The molecular formula is C20H21FN2O4. The Morgan fingerprint density at radius 2 is 1.96 bits per heavy atom. The maximum atomic E-state index is 13.3. The van der Waals surface area contributed by atoms with Crippen LogP contribution in [0.2, 0.25) is 0 Å². The van der Waals surface area contributed by atoms with Crippen LogP contribution in [0.1, 0.15) is 42.5 Å². The van der Waals surface area contributed by atoms with Crippen LogP contribution in [0.4, 0.5) is 10.1 Å². The van der Waals surface area contributed by atoms with Crippen molar-refractivity contribution in [2.75, 3.05) is 6.61 Å². The summed E-state index contributed by atoms with van der Waals surface area (Å²) < 4.78 is 18.5. The van der Waals surface area contributed by atoms with Crippen LogP contribution in [0.3, 0.4) is 0 Å². The van der Waals surface area contributed by atoms with Crippen molar-refractivity contribution in [1.29, 1.82) is 0 Å². The summed E-state index contributed by atoms with van der Waals surface area (Å²) in [6, 6.07) is 8.90. The van der Waals surface area contributed by atoms with Gasteiger partial charge in [0.05, 0.1) is 11.0 Å². The Kier molecular flexibility index (Phi) is 5.69. The highest BCUT2D eigenvalue weighted by Crippen LogP contribution is 2.27. The van der Waals surface area contributed by atoms with Crippen molar-refractivity contribution in [2.24, 2.45) is 0 Å². The van der Waals surface area contributed by atoms with E-state index in [0.717, 1.165) is 36.6 Å². The van der Waals surface area contributed by atoms with E-state index in [-0.39, 0.29) is 17.5 Å². The molecule has 7 heteroatoms. The van der Waals surface area contributed by atoms with E-state index in [2.05, 4.69) is 17.4 Å². The number of nitrogens with zero attached hydrogens (tertiary/aromatic N) is 1. The number of ether oxygens (including phenoxy) is 1. The molecule has 1 N–H and O–H groups in total. The van der Waals surface area contributed by atoms with E-state index in [9.17, 15) is 19.3 Å². The first-order valence-electron chi connectivity index (χ1n) is 8.92. The summed E-state index contributed by atoms with van der Waals surface area (Å²) in [4.78, 5) is 22.4. The van der Waals surface area contributed by atoms with Crippen LogP contribution in [0.5, 0.6) is 5.75 Å². The molecule has 142 valence electrons. The topological polar surface area (TPSA) is 81.5 Å². The summed E-state index contributed by atoms with van der Waals surface area (Å²) in [6.45, 7) is 1.44. The van der Waals surface area contributed by atoms with Crippen molar-refractivity contribution in [3.8, 4) is 5.75 Å². The molecule has 1 atom stereocenters. The first kappa shape index (κ1) is 18.8. The fourth-order valence-electron chi connectivity index (χ4n) is 3.29. The number of nitro groups is 1. The second-order valence-electron chi connectivity index (χ2n) is 6.68. The third-order valence-electron chi connectivity index (χ3n) is 4.73. The van der Waals surface area contributed by atoms with E-state index in [1.807, 2.05) is 13.0 Å². The molecule has 2 aromatic rings. The fraction of sp³-hybridized carbons (Fsp3) is 0.350. The van der Waals surface area contributed by atoms with Gasteiger partial charge in [-0.05, 0) is 55.4 Å². The molecule has 2 aromatic carbocycles. The van der Waals surface area contributed by atoms with E-state index in [1.165, 1.54) is 24.0 Å². The largest absolute Gasteiger partial charge is 0.477 e. The van der Waals surface area contributed by atoms with Gasteiger partial charge in [0.25, 0.3) is 5.91 Å². The third-order valence-corrected chi connectivity index (χ3v) is 4.73. The first-order valence-corrected chi connectivity index (χ1v) is 8.92. The molecule has 0 bridgehead atoms. The number of nitro benzene ring substituents is 1. The Labute approximate surface area is 156 Å². The predicted octanol–water partition coefficient (Wildman–Crippen LogP) is 3.87. The zero-order valence-corrected chi connectivity index (χ0v) is 15.0. The Bertz CT molecular complexity index is 869. The standard InChI is InChI=1S/C20H21FN2O4/c1-13(15-7-6-14-4-2-3-5-16(14)10-15)22-20(24)12-27-19-11-17(21)8-9-18(19)23(25)26/h6-11,13H,2-5,12H2,1H3,(H,22,24)/t13-/m0/s1. The summed E-state index contributed by atoms with van der Waals surface area (Å²) in [6.07, 6.45) is 4.53. The molecule has 3 rings (SSSR count). The van der Waals surface area contributed by atoms with Crippen LogP contribution in [0.15, 0.2) is 36.4 Å². The molecule has 1 aliphatic carbocycles. The maximum absolute atomic E-state index is 13.3. The fourth-order valence-corrected chi connectivity index (χ4v) is 3.29. The first-order chi connectivity index (χ1) is 12.9. The number of nitrogens with one attached hydrogen (secondary N) is 1. The monoisotopic (exact) mass is 372 g/mol. The van der Waals surface area contributed by atoms with Gasteiger partial charge in [-0.25, -0.2) is 4.39 Å². The molecule has 6 nitrogen and oxygen atoms in total. The van der Waals surface area contributed by atoms with Gasteiger partial charge >= 0.3 is 5.69 Å². The number of benzene rings is 2. The van der Waals surface area contributed by atoms with Crippen LogP contribution >= 0.6 is 0 Å². The van der Waals surface area contributed by atoms with Gasteiger partial charge in [-0.15, -0.1) is 0 Å². The van der Waals surface area contributed by atoms with E-state index in [0.29, 0.717) is 0 Å². The SMILES string of the molecule is C[C@H](NC(=O)COc1cc(F)ccc1[N+](=O)[O-])c1ccc2c(c1)CCCC2. The maximum Gasteiger partial charge on any atom is 0.311 e. The van der Waals surface area contributed by atoms with Crippen LogP contribution in [-0.2, 0) is 17.6 Å². The van der Waals surface area contributed by atoms with Crippen LogP contribution in [0.25, 0.3) is 0 Å². The zero-order valence-electron chi connectivity index (χ0n) is 15.0. The molecule has 0 aromatic heterocycles. The lowest BCUT2D eigenvalue weighted by molar-refractivity contribution is -0.385. The molecule has 0 unspecified atom stereocenters. The van der Waals surface area contributed by atoms with Crippen molar-refractivity contribution in [1.82, 2.24) is 5.32 Å². The zero-order chi connectivity index (χ0) is 19.4. The van der Waals surface area contributed by atoms with Gasteiger partial charge in [0, 0.05) is 12.1 Å². The minimum atomic E-state index is -0.678. The predicted molar refractivity (Wildman–Crippen MR) is 98.2 cm³/mol. The van der Waals surface area contributed by atoms with Gasteiger partial charge in [-0.1, -0.05) is 18.2 Å². The molecule has 1 amide bonds. The van der Waals surface area contributed by atoms with Gasteiger partial charge in [0.2, 0.25) is 5.75 Å². The van der Waals surface area contributed by atoms with Crippen LogP contribution < -0.4 is 10.1 Å². The number of hydrogen-bond acceptors (Lipinski definition) is 4. The quantitative estimate of drug-likeness (QED) is 0.616. The van der Waals surface area contributed by atoms with Gasteiger partial charge in [0.1, 0.15) is 5.82 Å². The highest BCUT2D eigenvalue weighted by atomic mass is 19.1. The van der Waals surface area contributed by atoms with E-state index < -0.39 is 23.3 Å².